The van der Waals surface area contributed by atoms with Gasteiger partial charge in [-0.15, -0.1) is 0 Å². The fourth-order valence-corrected chi connectivity index (χ4v) is 5.03. The third-order valence-electron chi connectivity index (χ3n) is 6.43. The average molecular weight is 265 g/mol. The van der Waals surface area contributed by atoms with Gasteiger partial charge in [-0.05, 0) is 50.4 Å². The van der Waals surface area contributed by atoms with Crippen molar-refractivity contribution in [1.29, 1.82) is 0 Å². The smallest absolute Gasteiger partial charge is 0.0685 e. The van der Waals surface area contributed by atoms with Crippen molar-refractivity contribution in [2.24, 2.45) is 17.6 Å². The fourth-order valence-electron chi connectivity index (χ4n) is 5.03. The van der Waals surface area contributed by atoms with Crippen LogP contribution < -0.4 is 5.73 Å². The summed E-state index contributed by atoms with van der Waals surface area (Å²) in [5.41, 5.74) is 7.23. The maximum atomic E-state index is 6.91. The lowest BCUT2D eigenvalue weighted by atomic mass is 9.61. The van der Waals surface area contributed by atoms with Gasteiger partial charge in [-0.25, -0.2) is 0 Å². The second-order valence-electron chi connectivity index (χ2n) is 7.54. The first kappa shape index (κ1) is 13.9. The number of rotatable bonds is 1. The van der Waals surface area contributed by atoms with Crippen molar-refractivity contribution in [2.75, 3.05) is 6.61 Å². The molecule has 1 saturated heterocycles. The molecule has 2 saturated carbocycles. The Kier molecular flexibility index (Phi) is 3.92. The molecule has 2 nitrogen and oxygen atoms in total. The average Bonchev–Trinajstić information content (AvgIpc) is 2.43. The van der Waals surface area contributed by atoms with Crippen molar-refractivity contribution in [1.82, 2.24) is 0 Å². The lowest BCUT2D eigenvalue weighted by Crippen LogP contribution is -2.58. The van der Waals surface area contributed by atoms with Crippen LogP contribution in [0.1, 0.15) is 77.6 Å². The zero-order chi connectivity index (χ0) is 13.3. The maximum Gasteiger partial charge on any atom is 0.0685 e. The van der Waals surface area contributed by atoms with E-state index in [0.717, 1.165) is 6.61 Å². The normalized spacial score (nSPS) is 43.3. The lowest BCUT2D eigenvalue weighted by molar-refractivity contribution is -0.133. The van der Waals surface area contributed by atoms with E-state index < -0.39 is 0 Å². The Morgan fingerprint density at radius 2 is 1.68 bits per heavy atom. The largest absolute Gasteiger partial charge is 0.375 e. The molecule has 3 rings (SSSR count). The zero-order valence-corrected chi connectivity index (χ0v) is 12.6. The van der Waals surface area contributed by atoms with E-state index in [-0.39, 0.29) is 11.1 Å². The minimum Gasteiger partial charge on any atom is -0.375 e. The van der Waals surface area contributed by atoms with Crippen LogP contribution in [0.25, 0.3) is 0 Å². The van der Waals surface area contributed by atoms with Crippen LogP contribution in [0.4, 0.5) is 0 Å². The van der Waals surface area contributed by atoms with E-state index in [4.69, 9.17) is 10.5 Å². The molecule has 0 aromatic heterocycles. The van der Waals surface area contributed by atoms with Crippen LogP contribution in [0.5, 0.6) is 0 Å². The van der Waals surface area contributed by atoms with Crippen molar-refractivity contribution in [2.45, 2.75) is 88.7 Å². The molecule has 1 spiro atoms. The Morgan fingerprint density at radius 3 is 2.42 bits per heavy atom. The molecule has 3 unspecified atom stereocenters. The fraction of sp³-hybridized carbons (Fsp3) is 1.00. The Labute approximate surface area is 118 Å². The summed E-state index contributed by atoms with van der Waals surface area (Å²) < 4.78 is 6.25. The van der Waals surface area contributed by atoms with Gasteiger partial charge in [0, 0.05) is 12.1 Å². The molecule has 0 radical (unpaired) electrons. The minimum atomic E-state index is 0.104. The van der Waals surface area contributed by atoms with Gasteiger partial charge in [0.05, 0.1) is 5.60 Å². The van der Waals surface area contributed by atoms with E-state index in [1.807, 2.05) is 0 Å². The molecular formula is C17H31NO. The number of hydrogen-bond acceptors (Lipinski definition) is 2. The first-order valence-corrected chi connectivity index (χ1v) is 8.58. The minimum absolute atomic E-state index is 0.104. The van der Waals surface area contributed by atoms with Crippen molar-refractivity contribution in [3.05, 3.63) is 0 Å². The molecular weight excluding hydrogens is 234 g/mol. The second-order valence-corrected chi connectivity index (χ2v) is 7.54. The molecule has 3 aliphatic rings. The van der Waals surface area contributed by atoms with Gasteiger partial charge >= 0.3 is 0 Å². The molecule has 0 amide bonds. The highest BCUT2D eigenvalue weighted by Gasteiger charge is 2.47. The monoisotopic (exact) mass is 265 g/mol. The van der Waals surface area contributed by atoms with Gasteiger partial charge in [-0.2, -0.15) is 0 Å². The first-order valence-electron chi connectivity index (χ1n) is 8.58. The van der Waals surface area contributed by atoms with Gasteiger partial charge in [-0.3, -0.25) is 0 Å². The molecule has 2 aliphatic carbocycles. The topological polar surface area (TPSA) is 35.2 Å². The molecule has 0 aromatic carbocycles. The first-order chi connectivity index (χ1) is 9.15. The summed E-state index contributed by atoms with van der Waals surface area (Å²) in [5.74, 6) is 1.40. The molecule has 3 fully saturated rings. The van der Waals surface area contributed by atoms with Crippen LogP contribution >= 0.6 is 0 Å². The molecule has 2 N–H and O–H groups in total. The van der Waals surface area contributed by atoms with E-state index in [9.17, 15) is 0 Å². The van der Waals surface area contributed by atoms with E-state index in [1.165, 1.54) is 70.6 Å². The summed E-state index contributed by atoms with van der Waals surface area (Å²) in [6.45, 7) is 3.35. The highest BCUT2D eigenvalue weighted by atomic mass is 16.5. The van der Waals surface area contributed by atoms with Crippen LogP contribution in [0.2, 0.25) is 0 Å². The maximum absolute atomic E-state index is 6.91. The van der Waals surface area contributed by atoms with E-state index in [1.54, 1.807) is 0 Å². The molecule has 110 valence electrons. The number of nitrogens with two attached hydrogens (primary N) is 1. The summed E-state index contributed by atoms with van der Waals surface area (Å²) in [5, 5.41) is 0. The second kappa shape index (κ2) is 5.37. The Morgan fingerprint density at radius 1 is 0.947 bits per heavy atom. The highest BCUT2D eigenvalue weighted by molar-refractivity contribution is 5.02. The van der Waals surface area contributed by atoms with Gasteiger partial charge in [0.1, 0.15) is 0 Å². The molecule has 2 heteroatoms. The Hall–Kier alpha value is -0.0800. The number of hydrogen-bond donors (Lipinski definition) is 1. The Bertz CT molecular complexity index is 305. The molecule has 19 heavy (non-hydrogen) atoms. The molecule has 1 heterocycles. The summed E-state index contributed by atoms with van der Waals surface area (Å²) in [6.07, 6.45) is 14.4. The summed E-state index contributed by atoms with van der Waals surface area (Å²) in [6, 6.07) is 0. The highest BCUT2D eigenvalue weighted by Crippen LogP contribution is 2.47. The lowest BCUT2D eigenvalue weighted by Gasteiger charge is -2.52. The Balaban J connectivity index is 1.73. The standard InChI is InChI=1S/C17H31NO/c1-14-7-3-6-11-17(14,18)15-8-12-19-16(13-15)9-4-2-5-10-16/h14-15H,2-13,18H2,1H3. The predicted octanol–water partition coefficient (Wildman–Crippen LogP) is 4.02. The van der Waals surface area contributed by atoms with Crippen molar-refractivity contribution < 1.29 is 4.74 Å². The van der Waals surface area contributed by atoms with Crippen LogP contribution in [0.15, 0.2) is 0 Å². The quantitative estimate of drug-likeness (QED) is 0.777. The summed E-state index contributed by atoms with van der Waals surface area (Å²) >= 11 is 0. The SMILES string of the molecule is CC1CCCCC1(N)C1CCOC2(CCCCC2)C1. The van der Waals surface area contributed by atoms with Gasteiger partial charge in [0.15, 0.2) is 0 Å². The van der Waals surface area contributed by atoms with Gasteiger partial charge in [0.25, 0.3) is 0 Å². The van der Waals surface area contributed by atoms with Crippen molar-refractivity contribution >= 4 is 0 Å². The number of ether oxygens (including phenoxy) is 1. The van der Waals surface area contributed by atoms with Gasteiger partial charge < -0.3 is 10.5 Å². The third kappa shape index (κ3) is 2.58. The van der Waals surface area contributed by atoms with Crippen LogP contribution in [0.3, 0.4) is 0 Å². The van der Waals surface area contributed by atoms with Crippen LogP contribution in [-0.4, -0.2) is 17.7 Å². The van der Waals surface area contributed by atoms with Crippen LogP contribution in [0, 0.1) is 11.8 Å². The molecule has 0 aromatic rings. The van der Waals surface area contributed by atoms with Crippen molar-refractivity contribution in [3.8, 4) is 0 Å². The summed E-state index contributed by atoms with van der Waals surface area (Å²) in [4.78, 5) is 0. The third-order valence-corrected chi connectivity index (χ3v) is 6.43. The van der Waals surface area contributed by atoms with Crippen molar-refractivity contribution in [3.63, 3.8) is 0 Å². The summed E-state index contributed by atoms with van der Waals surface area (Å²) in [7, 11) is 0. The van der Waals surface area contributed by atoms with Gasteiger partial charge in [0.2, 0.25) is 0 Å². The molecule has 3 atom stereocenters. The van der Waals surface area contributed by atoms with E-state index >= 15 is 0 Å². The van der Waals surface area contributed by atoms with Crippen LogP contribution in [-0.2, 0) is 4.74 Å². The van der Waals surface area contributed by atoms with E-state index in [2.05, 4.69) is 6.92 Å². The molecule has 0 bridgehead atoms. The van der Waals surface area contributed by atoms with Gasteiger partial charge in [-0.1, -0.05) is 39.0 Å². The predicted molar refractivity (Wildman–Crippen MR) is 79.0 cm³/mol. The van der Waals surface area contributed by atoms with E-state index in [0.29, 0.717) is 11.8 Å². The zero-order valence-electron chi connectivity index (χ0n) is 12.6. The molecule has 1 aliphatic heterocycles.